The van der Waals surface area contributed by atoms with Gasteiger partial charge in [-0.1, -0.05) is 24.3 Å². The van der Waals surface area contributed by atoms with Gasteiger partial charge in [0.25, 0.3) is 5.56 Å². The maximum Gasteiger partial charge on any atom is 0.261 e. The third kappa shape index (κ3) is 3.85. The van der Waals surface area contributed by atoms with Gasteiger partial charge in [-0.2, -0.15) is 0 Å². The molecule has 0 aliphatic rings. The second-order valence-corrected chi connectivity index (χ2v) is 5.49. The van der Waals surface area contributed by atoms with Crippen LogP contribution in [0.3, 0.4) is 0 Å². The van der Waals surface area contributed by atoms with Crippen LogP contribution >= 0.6 is 0 Å². The van der Waals surface area contributed by atoms with Crippen LogP contribution < -0.4 is 15.6 Å². The van der Waals surface area contributed by atoms with E-state index in [2.05, 4.69) is 10.3 Å². The lowest BCUT2D eigenvalue weighted by molar-refractivity contribution is -0.116. The number of aryl methyl sites for hydroxylation is 1. The molecule has 1 amide bonds. The van der Waals surface area contributed by atoms with E-state index in [-0.39, 0.29) is 24.4 Å². The molecule has 0 bridgehead atoms. The van der Waals surface area contributed by atoms with Crippen LogP contribution in [-0.2, 0) is 11.3 Å². The summed E-state index contributed by atoms with van der Waals surface area (Å²) in [5, 5.41) is 3.37. The minimum absolute atomic E-state index is 0.145. The molecule has 6 heteroatoms. The summed E-state index contributed by atoms with van der Waals surface area (Å²) in [5.41, 5.74) is 1.13. The molecule has 2 aromatic carbocycles. The Morgan fingerprint density at radius 1 is 1.16 bits per heavy atom. The number of aromatic nitrogens is 2. The van der Waals surface area contributed by atoms with Crippen LogP contribution in [0.4, 0.5) is 5.69 Å². The van der Waals surface area contributed by atoms with Crippen molar-refractivity contribution in [3.63, 3.8) is 0 Å². The van der Waals surface area contributed by atoms with E-state index in [0.717, 1.165) is 0 Å². The van der Waals surface area contributed by atoms with Crippen LogP contribution in [0.2, 0.25) is 0 Å². The molecule has 6 nitrogen and oxygen atoms in total. The number of ether oxygens (including phenoxy) is 1. The molecule has 0 atom stereocenters. The molecule has 3 aromatic rings. The van der Waals surface area contributed by atoms with Crippen LogP contribution in [0, 0.1) is 0 Å². The van der Waals surface area contributed by atoms with Crippen molar-refractivity contribution >= 4 is 22.5 Å². The number of amides is 1. The molecule has 0 radical (unpaired) electrons. The van der Waals surface area contributed by atoms with Crippen molar-refractivity contribution in [1.29, 1.82) is 0 Å². The molecule has 0 aliphatic carbocycles. The fourth-order valence-electron chi connectivity index (χ4n) is 2.55. The summed E-state index contributed by atoms with van der Waals surface area (Å²) >= 11 is 0. The first-order chi connectivity index (χ1) is 12.2. The van der Waals surface area contributed by atoms with E-state index in [0.29, 0.717) is 28.9 Å². The topological polar surface area (TPSA) is 73.2 Å². The number of fused-ring (bicyclic) bond motifs is 1. The molecule has 128 valence electrons. The van der Waals surface area contributed by atoms with Crippen LogP contribution in [-0.4, -0.2) is 22.1 Å². The Labute approximate surface area is 145 Å². The van der Waals surface area contributed by atoms with Crippen molar-refractivity contribution in [3.8, 4) is 5.75 Å². The van der Waals surface area contributed by atoms with E-state index in [1.807, 2.05) is 25.1 Å². The number of carbonyl (C=O) groups excluding carboxylic acids is 1. The molecule has 0 spiro atoms. The summed E-state index contributed by atoms with van der Waals surface area (Å²) in [7, 11) is 0. The van der Waals surface area contributed by atoms with Crippen LogP contribution in [0.25, 0.3) is 10.9 Å². The van der Waals surface area contributed by atoms with Crippen molar-refractivity contribution in [1.82, 2.24) is 9.55 Å². The summed E-state index contributed by atoms with van der Waals surface area (Å²) in [6, 6.07) is 14.4. The highest BCUT2D eigenvalue weighted by Gasteiger charge is 2.09. The van der Waals surface area contributed by atoms with Crippen molar-refractivity contribution < 1.29 is 9.53 Å². The third-order valence-electron chi connectivity index (χ3n) is 3.77. The number of nitrogens with one attached hydrogen (secondary N) is 1. The SMILES string of the molecule is CCOc1ccccc1NC(=O)CCn1cnc2ccccc2c1=O. The highest BCUT2D eigenvalue weighted by molar-refractivity contribution is 5.92. The van der Waals surface area contributed by atoms with Gasteiger partial charge in [0.05, 0.1) is 29.5 Å². The molecule has 0 aliphatic heterocycles. The van der Waals surface area contributed by atoms with Gasteiger partial charge < -0.3 is 10.1 Å². The standard InChI is InChI=1S/C19H19N3O3/c1-2-25-17-10-6-5-9-16(17)21-18(23)11-12-22-13-20-15-8-4-3-7-14(15)19(22)24/h3-10,13H,2,11-12H2,1H3,(H,21,23). The molecular weight excluding hydrogens is 318 g/mol. The van der Waals surface area contributed by atoms with Crippen molar-refractivity contribution in [3.05, 3.63) is 65.2 Å². The Balaban J connectivity index is 1.69. The monoisotopic (exact) mass is 337 g/mol. The van der Waals surface area contributed by atoms with Gasteiger partial charge in [-0.25, -0.2) is 4.98 Å². The lowest BCUT2D eigenvalue weighted by Crippen LogP contribution is -2.23. The number of hydrogen-bond donors (Lipinski definition) is 1. The molecule has 0 unspecified atom stereocenters. The second kappa shape index (κ2) is 7.61. The first-order valence-electron chi connectivity index (χ1n) is 8.15. The van der Waals surface area contributed by atoms with Gasteiger partial charge in [-0.05, 0) is 31.2 Å². The fraction of sp³-hybridized carbons (Fsp3) is 0.211. The summed E-state index contributed by atoms with van der Waals surface area (Å²) < 4.78 is 6.94. The van der Waals surface area contributed by atoms with E-state index in [1.54, 1.807) is 30.3 Å². The van der Waals surface area contributed by atoms with Gasteiger partial charge in [0.2, 0.25) is 5.91 Å². The molecule has 0 fully saturated rings. The molecule has 25 heavy (non-hydrogen) atoms. The van der Waals surface area contributed by atoms with Crippen LogP contribution in [0.5, 0.6) is 5.75 Å². The molecule has 0 saturated heterocycles. The largest absolute Gasteiger partial charge is 0.492 e. The first-order valence-corrected chi connectivity index (χ1v) is 8.15. The average Bonchev–Trinajstić information content (AvgIpc) is 2.63. The Kier molecular flexibility index (Phi) is 5.09. The van der Waals surface area contributed by atoms with E-state index in [1.165, 1.54) is 10.9 Å². The number of hydrogen-bond acceptors (Lipinski definition) is 4. The zero-order valence-corrected chi connectivity index (χ0v) is 13.9. The molecule has 1 heterocycles. The minimum Gasteiger partial charge on any atom is -0.492 e. The maximum atomic E-state index is 12.4. The lowest BCUT2D eigenvalue weighted by Gasteiger charge is -2.11. The van der Waals surface area contributed by atoms with Gasteiger partial charge in [0.15, 0.2) is 0 Å². The predicted octanol–water partition coefficient (Wildman–Crippen LogP) is 2.82. The molecule has 1 aromatic heterocycles. The van der Waals surface area contributed by atoms with Crippen molar-refractivity contribution in [2.75, 3.05) is 11.9 Å². The molecule has 0 saturated carbocycles. The highest BCUT2D eigenvalue weighted by atomic mass is 16.5. The van der Waals surface area contributed by atoms with E-state index in [4.69, 9.17) is 4.74 Å². The number of benzene rings is 2. The number of anilines is 1. The quantitative estimate of drug-likeness (QED) is 0.751. The number of nitrogens with zero attached hydrogens (tertiary/aromatic N) is 2. The number of carbonyl (C=O) groups is 1. The fourth-order valence-corrected chi connectivity index (χ4v) is 2.55. The lowest BCUT2D eigenvalue weighted by atomic mass is 10.2. The predicted molar refractivity (Wildman–Crippen MR) is 96.9 cm³/mol. The number of rotatable bonds is 6. The number of para-hydroxylation sites is 3. The van der Waals surface area contributed by atoms with Crippen molar-refractivity contribution in [2.45, 2.75) is 19.9 Å². The second-order valence-electron chi connectivity index (χ2n) is 5.49. The van der Waals surface area contributed by atoms with Crippen LogP contribution in [0.1, 0.15) is 13.3 Å². The van der Waals surface area contributed by atoms with Gasteiger partial charge in [0.1, 0.15) is 5.75 Å². The normalized spacial score (nSPS) is 10.6. The molecule has 1 N–H and O–H groups in total. The summed E-state index contributed by atoms with van der Waals surface area (Å²) in [6.45, 7) is 2.67. The first kappa shape index (κ1) is 16.7. The Hall–Kier alpha value is -3.15. The van der Waals surface area contributed by atoms with E-state index < -0.39 is 0 Å². The highest BCUT2D eigenvalue weighted by Crippen LogP contribution is 2.23. The Bertz CT molecular complexity index is 950. The smallest absolute Gasteiger partial charge is 0.261 e. The zero-order chi connectivity index (χ0) is 17.6. The maximum absolute atomic E-state index is 12.4. The average molecular weight is 337 g/mol. The Morgan fingerprint density at radius 2 is 1.92 bits per heavy atom. The van der Waals surface area contributed by atoms with Crippen LogP contribution in [0.15, 0.2) is 59.7 Å². The minimum atomic E-state index is -0.188. The summed E-state index contributed by atoms with van der Waals surface area (Å²) in [6.07, 6.45) is 1.65. The summed E-state index contributed by atoms with van der Waals surface area (Å²) in [5.74, 6) is 0.440. The van der Waals surface area contributed by atoms with Gasteiger partial charge in [-0.3, -0.25) is 14.2 Å². The van der Waals surface area contributed by atoms with Gasteiger partial charge in [0, 0.05) is 13.0 Å². The zero-order valence-electron chi connectivity index (χ0n) is 13.9. The van der Waals surface area contributed by atoms with Gasteiger partial charge >= 0.3 is 0 Å². The molecular formula is C19H19N3O3. The van der Waals surface area contributed by atoms with Crippen molar-refractivity contribution in [2.24, 2.45) is 0 Å². The third-order valence-corrected chi connectivity index (χ3v) is 3.77. The molecule has 3 rings (SSSR count). The summed E-state index contributed by atoms with van der Waals surface area (Å²) in [4.78, 5) is 28.9. The van der Waals surface area contributed by atoms with Gasteiger partial charge in [-0.15, -0.1) is 0 Å². The Morgan fingerprint density at radius 3 is 2.76 bits per heavy atom. The van der Waals surface area contributed by atoms with E-state index >= 15 is 0 Å². The van der Waals surface area contributed by atoms with E-state index in [9.17, 15) is 9.59 Å².